The lowest BCUT2D eigenvalue weighted by Gasteiger charge is -2.34. The van der Waals surface area contributed by atoms with Crippen molar-refractivity contribution in [3.63, 3.8) is 0 Å². The summed E-state index contributed by atoms with van der Waals surface area (Å²) < 4.78 is 21.5. The lowest BCUT2D eigenvalue weighted by atomic mass is 9.67. The Kier molecular flexibility index (Phi) is 9.89. The van der Waals surface area contributed by atoms with Crippen molar-refractivity contribution in [3.05, 3.63) is 157 Å². The molecular formula is C41H36O8. The van der Waals surface area contributed by atoms with E-state index in [1.54, 1.807) is 0 Å². The van der Waals surface area contributed by atoms with Crippen molar-refractivity contribution in [1.82, 2.24) is 0 Å². The molecule has 0 heterocycles. The quantitative estimate of drug-likeness (QED) is 0.106. The Balaban J connectivity index is 1.36. The second-order valence-corrected chi connectivity index (χ2v) is 11.7. The number of esters is 2. The molecule has 0 aliphatic heterocycles. The standard InChI is InChI=1S/C41H36O8/c1-3-39(44)48-25-31(42)23-46-33-17-13-29(14-18-33)41(30-15-19-34(20-16-30)47-24-32(43)26-49-40(45)4-2)37-12-8-7-11-35(37)36-21-27-9-5-6-10-28(27)22-38(36)41/h3-22,31-32,42-43H,1-2,23-26H2. The topological polar surface area (TPSA) is 112 Å². The predicted molar refractivity (Wildman–Crippen MR) is 187 cm³/mol. The van der Waals surface area contributed by atoms with E-state index in [0.717, 1.165) is 56.3 Å². The molecule has 248 valence electrons. The van der Waals surface area contributed by atoms with Crippen LogP contribution in [0.2, 0.25) is 0 Å². The van der Waals surface area contributed by atoms with Gasteiger partial charge >= 0.3 is 11.9 Å². The fraction of sp³-hybridized carbons (Fsp3) is 0.171. The molecule has 0 spiro atoms. The Morgan fingerprint density at radius 1 is 0.592 bits per heavy atom. The summed E-state index contributed by atoms with van der Waals surface area (Å²) in [4.78, 5) is 22.7. The average Bonchev–Trinajstić information content (AvgIpc) is 3.43. The molecule has 0 saturated carbocycles. The lowest BCUT2D eigenvalue weighted by molar-refractivity contribution is -0.142. The van der Waals surface area contributed by atoms with Crippen LogP contribution >= 0.6 is 0 Å². The van der Waals surface area contributed by atoms with E-state index in [4.69, 9.17) is 18.9 Å². The largest absolute Gasteiger partial charge is 0.491 e. The van der Waals surface area contributed by atoms with Crippen LogP contribution in [0, 0.1) is 0 Å². The first-order valence-corrected chi connectivity index (χ1v) is 15.9. The summed E-state index contributed by atoms with van der Waals surface area (Å²) in [7, 11) is 0. The monoisotopic (exact) mass is 656 g/mol. The molecule has 5 aromatic carbocycles. The highest BCUT2D eigenvalue weighted by atomic mass is 16.6. The maximum atomic E-state index is 11.4. The minimum absolute atomic E-state index is 0.0561. The Bertz CT molecular complexity index is 1900. The minimum Gasteiger partial charge on any atom is -0.491 e. The van der Waals surface area contributed by atoms with Crippen molar-refractivity contribution < 1.29 is 38.7 Å². The Hall–Kier alpha value is -5.70. The fourth-order valence-corrected chi connectivity index (χ4v) is 6.31. The van der Waals surface area contributed by atoms with Gasteiger partial charge in [0.1, 0.15) is 50.1 Å². The molecular weight excluding hydrogens is 620 g/mol. The number of carbonyl (C=O) groups excluding carboxylic acids is 2. The van der Waals surface area contributed by atoms with Crippen LogP contribution in [0.1, 0.15) is 22.3 Å². The first-order valence-electron chi connectivity index (χ1n) is 15.9. The third kappa shape index (κ3) is 6.83. The van der Waals surface area contributed by atoms with Crippen LogP contribution in [0.3, 0.4) is 0 Å². The molecule has 5 aromatic rings. The summed E-state index contributed by atoms with van der Waals surface area (Å²) >= 11 is 0. The maximum absolute atomic E-state index is 11.4. The van der Waals surface area contributed by atoms with Crippen LogP contribution < -0.4 is 9.47 Å². The van der Waals surface area contributed by atoms with Crippen molar-refractivity contribution >= 4 is 22.7 Å². The van der Waals surface area contributed by atoms with Gasteiger partial charge in [-0.15, -0.1) is 0 Å². The summed E-state index contributed by atoms with van der Waals surface area (Å²) in [6, 6.07) is 36.9. The third-order valence-corrected chi connectivity index (χ3v) is 8.54. The second-order valence-electron chi connectivity index (χ2n) is 11.7. The molecule has 8 heteroatoms. The van der Waals surface area contributed by atoms with Gasteiger partial charge in [0.2, 0.25) is 0 Å². The molecule has 0 aromatic heterocycles. The predicted octanol–water partition coefficient (Wildman–Crippen LogP) is 6.14. The zero-order valence-corrected chi connectivity index (χ0v) is 26.8. The zero-order valence-electron chi connectivity index (χ0n) is 26.8. The summed E-state index contributed by atoms with van der Waals surface area (Å²) in [5.74, 6) is -0.108. The number of aliphatic hydroxyl groups is 2. The van der Waals surface area contributed by atoms with Crippen LogP contribution in [0.5, 0.6) is 11.5 Å². The number of ether oxygens (including phenoxy) is 4. The van der Waals surface area contributed by atoms with Gasteiger partial charge in [-0.05, 0) is 80.6 Å². The first kappa shape index (κ1) is 33.2. The Morgan fingerprint density at radius 3 is 1.57 bits per heavy atom. The molecule has 49 heavy (non-hydrogen) atoms. The number of rotatable bonds is 14. The Labute approximate surface area is 284 Å². The van der Waals surface area contributed by atoms with E-state index in [1.165, 1.54) is 0 Å². The number of hydrogen-bond donors (Lipinski definition) is 2. The van der Waals surface area contributed by atoms with E-state index < -0.39 is 29.6 Å². The van der Waals surface area contributed by atoms with Crippen molar-refractivity contribution in [2.75, 3.05) is 26.4 Å². The summed E-state index contributed by atoms with van der Waals surface area (Å²) in [6.45, 7) is 6.20. The molecule has 2 atom stereocenters. The highest BCUT2D eigenvalue weighted by Crippen LogP contribution is 2.57. The highest BCUT2D eigenvalue weighted by Gasteiger charge is 2.46. The third-order valence-electron chi connectivity index (χ3n) is 8.54. The number of aliphatic hydroxyl groups excluding tert-OH is 2. The van der Waals surface area contributed by atoms with Gasteiger partial charge in [0.15, 0.2) is 0 Å². The lowest BCUT2D eigenvalue weighted by Crippen LogP contribution is -2.29. The minimum atomic E-state index is -0.999. The van der Waals surface area contributed by atoms with Crippen LogP contribution in [-0.4, -0.2) is 60.8 Å². The van der Waals surface area contributed by atoms with Crippen molar-refractivity contribution in [1.29, 1.82) is 0 Å². The average molecular weight is 657 g/mol. The smallest absolute Gasteiger partial charge is 0.330 e. The van der Waals surface area contributed by atoms with Crippen LogP contribution in [0.15, 0.2) is 135 Å². The molecule has 0 fully saturated rings. The number of carbonyl (C=O) groups is 2. The van der Waals surface area contributed by atoms with Crippen molar-refractivity contribution in [2.24, 2.45) is 0 Å². The number of fused-ring (bicyclic) bond motifs is 4. The van der Waals surface area contributed by atoms with Gasteiger partial charge in [-0.3, -0.25) is 0 Å². The molecule has 1 aliphatic rings. The molecule has 2 unspecified atom stereocenters. The van der Waals surface area contributed by atoms with Gasteiger partial charge in [-0.2, -0.15) is 0 Å². The molecule has 2 N–H and O–H groups in total. The number of benzene rings is 5. The van der Waals surface area contributed by atoms with E-state index >= 15 is 0 Å². The van der Waals surface area contributed by atoms with Crippen LogP contribution in [0.25, 0.3) is 21.9 Å². The first-order chi connectivity index (χ1) is 23.8. The molecule has 0 saturated heterocycles. The van der Waals surface area contributed by atoms with Gasteiger partial charge in [0.05, 0.1) is 5.41 Å². The second kappa shape index (κ2) is 14.6. The van der Waals surface area contributed by atoms with E-state index in [1.807, 2.05) is 60.7 Å². The van der Waals surface area contributed by atoms with E-state index in [9.17, 15) is 19.8 Å². The van der Waals surface area contributed by atoms with E-state index in [0.29, 0.717) is 11.5 Å². The van der Waals surface area contributed by atoms with E-state index in [2.05, 4.69) is 61.7 Å². The van der Waals surface area contributed by atoms with Gasteiger partial charge in [0.25, 0.3) is 0 Å². The fourth-order valence-electron chi connectivity index (χ4n) is 6.31. The van der Waals surface area contributed by atoms with Crippen LogP contribution in [-0.2, 0) is 24.5 Å². The summed E-state index contributed by atoms with van der Waals surface area (Å²) in [5, 5.41) is 22.8. The van der Waals surface area contributed by atoms with Gasteiger partial charge in [0, 0.05) is 12.2 Å². The zero-order chi connectivity index (χ0) is 34.4. The normalized spacial score (nSPS) is 15.7. The van der Waals surface area contributed by atoms with Crippen molar-refractivity contribution in [2.45, 2.75) is 17.6 Å². The summed E-state index contributed by atoms with van der Waals surface area (Å²) in [6.07, 6.45) is 0.0881. The number of hydrogen-bond acceptors (Lipinski definition) is 8. The highest BCUT2D eigenvalue weighted by molar-refractivity contribution is 5.95. The molecule has 0 radical (unpaired) electrons. The molecule has 0 amide bonds. The maximum Gasteiger partial charge on any atom is 0.330 e. The Morgan fingerprint density at radius 2 is 1.06 bits per heavy atom. The SMILES string of the molecule is C=CC(=O)OCC(O)COc1ccc(C2(c3ccc(OCC(O)COC(=O)C=C)cc3)c3ccccc3-c3cc4ccccc4cc32)cc1. The van der Waals surface area contributed by atoms with Gasteiger partial charge in [-0.1, -0.05) is 86.0 Å². The molecule has 8 nitrogen and oxygen atoms in total. The molecule has 6 rings (SSSR count). The van der Waals surface area contributed by atoms with Crippen LogP contribution in [0.4, 0.5) is 0 Å². The van der Waals surface area contributed by atoms with Gasteiger partial charge in [-0.25, -0.2) is 9.59 Å². The van der Waals surface area contributed by atoms with Crippen molar-refractivity contribution in [3.8, 4) is 22.6 Å². The molecule has 0 bridgehead atoms. The molecule has 1 aliphatic carbocycles. The van der Waals surface area contributed by atoms with E-state index in [-0.39, 0.29) is 26.4 Å². The van der Waals surface area contributed by atoms with Gasteiger partial charge < -0.3 is 29.2 Å². The summed E-state index contributed by atoms with van der Waals surface area (Å²) in [5.41, 5.74) is 5.85.